The van der Waals surface area contributed by atoms with Gasteiger partial charge in [-0.1, -0.05) is 26.2 Å². The quantitative estimate of drug-likeness (QED) is 0.619. The lowest BCUT2D eigenvalue weighted by Crippen LogP contribution is -2.22. The highest BCUT2D eigenvalue weighted by Crippen LogP contribution is 2.34. The first kappa shape index (κ1) is 16.5. The number of unbranched alkanes of at least 4 members (excludes halogenated alkanes) is 1. The minimum atomic E-state index is 0.211. The van der Waals surface area contributed by atoms with Crippen LogP contribution in [0.2, 0.25) is 0 Å². The van der Waals surface area contributed by atoms with Crippen molar-refractivity contribution in [3.8, 4) is 5.75 Å². The molecule has 0 bridgehead atoms. The summed E-state index contributed by atoms with van der Waals surface area (Å²) in [5.41, 5.74) is 0.805. The van der Waals surface area contributed by atoms with E-state index < -0.39 is 0 Å². The van der Waals surface area contributed by atoms with Crippen molar-refractivity contribution in [2.75, 3.05) is 7.11 Å². The van der Waals surface area contributed by atoms with Crippen LogP contribution in [-0.2, 0) is 0 Å². The van der Waals surface area contributed by atoms with Crippen LogP contribution < -0.4 is 4.74 Å². The molecule has 1 aromatic carbocycles. The summed E-state index contributed by atoms with van der Waals surface area (Å²) in [6.45, 7) is 2.25. The molecule has 0 saturated heterocycles. The Labute approximate surface area is 136 Å². The fraction of sp³-hybridized carbons (Fsp3) is 0.611. The summed E-state index contributed by atoms with van der Waals surface area (Å²) in [7, 11) is 1.64. The molecular weight excluding hydrogens is 328 g/mol. The molecule has 0 radical (unpaired) electrons. The number of carbonyl (C=O) groups excluding carboxylic acids is 1. The summed E-state index contributed by atoms with van der Waals surface area (Å²) >= 11 is 3.46. The summed E-state index contributed by atoms with van der Waals surface area (Å²) in [5, 5.41) is 0. The van der Waals surface area contributed by atoms with Crippen LogP contribution in [0, 0.1) is 11.8 Å². The summed E-state index contributed by atoms with van der Waals surface area (Å²) in [6, 6.07) is 5.64. The number of ketones is 1. The SMILES string of the molecule is CCCCC1CCC(C(=O)c2ccc(OC)c(Br)c2)CC1. The van der Waals surface area contributed by atoms with E-state index in [4.69, 9.17) is 4.74 Å². The van der Waals surface area contributed by atoms with Crippen molar-refractivity contribution in [2.24, 2.45) is 11.8 Å². The Bertz CT molecular complexity index is 476. The van der Waals surface area contributed by atoms with Crippen molar-refractivity contribution < 1.29 is 9.53 Å². The topological polar surface area (TPSA) is 26.3 Å². The molecule has 1 aromatic rings. The Kier molecular flexibility index (Phi) is 6.28. The second-order valence-corrected chi connectivity index (χ2v) is 6.93. The fourth-order valence-electron chi connectivity index (χ4n) is 3.26. The summed E-state index contributed by atoms with van der Waals surface area (Å²) in [4.78, 5) is 12.6. The number of benzene rings is 1. The highest BCUT2D eigenvalue weighted by molar-refractivity contribution is 9.10. The van der Waals surface area contributed by atoms with E-state index in [1.807, 2.05) is 18.2 Å². The van der Waals surface area contributed by atoms with Gasteiger partial charge in [0.2, 0.25) is 0 Å². The van der Waals surface area contributed by atoms with Gasteiger partial charge in [0.25, 0.3) is 0 Å². The normalized spacial score (nSPS) is 22.0. The molecule has 0 heterocycles. The van der Waals surface area contributed by atoms with Crippen LogP contribution in [0.1, 0.15) is 62.2 Å². The van der Waals surface area contributed by atoms with Gasteiger partial charge >= 0.3 is 0 Å². The van der Waals surface area contributed by atoms with E-state index in [1.165, 1.54) is 32.1 Å². The molecule has 2 nitrogen and oxygen atoms in total. The van der Waals surface area contributed by atoms with E-state index in [-0.39, 0.29) is 5.92 Å². The summed E-state index contributed by atoms with van der Waals surface area (Å²) in [6.07, 6.45) is 8.48. The van der Waals surface area contributed by atoms with Gasteiger partial charge in [0, 0.05) is 11.5 Å². The molecule has 0 atom stereocenters. The maximum atomic E-state index is 12.6. The first-order valence-electron chi connectivity index (χ1n) is 8.03. The molecule has 21 heavy (non-hydrogen) atoms. The van der Waals surface area contributed by atoms with E-state index in [9.17, 15) is 4.79 Å². The molecular formula is C18H25BrO2. The van der Waals surface area contributed by atoms with E-state index in [1.54, 1.807) is 7.11 Å². The molecule has 0 N–H and O–H groups in total. The van der Waals surface area contributed by atoms with Crippen molar-refractivity contribution in [1.29, 1.82) is 0 Å². The summed E-state index contributed by atoms with van der Waals surface area (Å²) in [5.74, 6) is 2.13. The number of halogens is 1. The molecule has 0 aliphatic heterocycles. The minimum absolute atomic E-state index is 0.211. The molecule has 116 valence electrons. The number of carbonyl (C=O) groups is 1. The lowest BCUT2D eigenvalue weighted by molar-refractivity contribution is 0.0869. The van der Waals surface area contributed by atoms with Crippen LogP contribution in [0.5, 0.6) is 5.75 Å². The molecule has 0 spiro atoms. The molecule has 0 aromatic heterocycles. The van der Waals surface area contributed by atoms with Crippen molar-refractivity contribution in [2.45, 2.75) is 51.9 Å². The Morgan fingerprint density at radius 2 is 2.00 bits per heavy atom. The maximum absolute atomic E-state index is 12.6. The van der Waals surface area contributed by atoms with E-state index in [0.717, 1.165) is 34.5 Å². The van der Waals surface area contributed by atoms with Gasteiger partial charge in [-0.25, -0.2) is 0 Å². The van der Waals surface area contributed by atoms with Crippen LogP contribution in [-0.4, -0.2) is 12.9 Å². The fourth-order valence-corrected chi connectivity index (χ4v) is 3.80. The standard InChI is InChI=1S/C18H25BrO2/c1-3-4-5-13-6-8-14(9-7-13)18(20)15-10-11-17(21-2)16(19)12-15/h10-14H,3-9H2,1-2H3. The Morgan fingerprint density at radius 1 is 1.29 bits per heavy atom. The minimum Gasteiger partial charge on any atom is -0.496 e. The molecule has 1 aliphatic rings. The number of hydrogen-bond acceptors (Lipinski definition) is 2. The largest absolute Gasteiger partial charge is 0.496 e. The van der Waals surface area contributed by atoms with Gasteiger partial charge in [0.15, 0.2) is 5.78 Å². The third-order valence-corrected chi connectivity index (χ3v) is 5.24. The number of hydrogen-bond donors (Lipinski definition) is 0. The lowest BCUT2D eigenvalue weighted by Gasteiger charge is -2.27. The molecule has 1 saturated carbocycles. The first-order chi connectivity index (χ1) is 10.2. The predicted octanol–water partition coefficient (Wildman–Crippen LogP) is 5.64. The van der Waals surface area contributed by atoms with Gasteiger partial charge in [-0.05, 0) is 65.7 Å². The number of ether oxygens (including phenoxy) is 1. The van der Waals surface area contributed by atoms with Crippen LogP contribution in [0.3, 0.4) is 0 Å². The van der Waals surface area contributed by atoms with Crippen LogP contribution in [0.4, 0.5) is 0 Å². The van der Waals surface area contributed by atoms with Crippen LogP contribution in [0.15, 0.2) is 22.7 Å². The lowest BCUT2D eigenvalue weighted by atomic mass is 9.77. The van der Waals surface area contributed by atoms with Crippen molar-refractivity contribution in [3.63, 3.8) is 0 Å². The van der Waals surface area contributed by atoms with Gasteiger partial charge in [-0.15, -0.1) is 0 Å². The molecule has 1 aliphatic carbocycles. The highest BCUT2D eigenvalue weighted by Gasteiger charge is 2.26. The molecule has 1 fully saturated rings. The van der Waals surface area contributed by atoms with Crippen LogP contribution >= 0.6 is 15.9 Å². The monoisotopic (exact) mass is 352 g/mol. The molecule has 0 unspecified atom stereocenters. The Hall–Kier alpha value is -0.830. The summed E-state index contributed by atoms with van der Waals surface area (Å²) < 4.78 is 6.07. The van der Waals surface area contributed by atoms with E-state index in [0.29, 0.717) is 5.78 Å². The van der Waals surface area contributed by atoms with Crippen LogP contribution in [0.25, 0.3) is 0 Å². The van der Waals surface area contributed by atoms with Gasteiger partial charge < -0.3 is 4.74 Å². The van der Waals surface area contributed by atoms with Crippen molar-refractivity contribution in [3.05, 3.63) is 28.2 Å². The number of rotatable bonds is 6. The van der Waals surface area contributed by atoms with Crippen molar-refractivity contribution in [1.82, 2.24) is 0 Å². The zero-order chi connectivity index (χ0) is 15.2. The zero-order valence-corrected chi connectivity index (χ0v) is 14.6. The van der Waals surface area contributed by atoms with Gasteiger partial charge in [-0.2, -0.15) is 0 Å². The van der Waals surface area contributed by atoms with E-state index in [2.05, 4.69) is 22.9 Å². The molecule has 3 heteroatoms. The van der Waals surface area contributed by atoms with Crippen molar-refractivity contribution >= 4 is 21.7 Å². The average Bonchev–Trinajstić information content (AvgIpc) is 2.52. The van der Waals surface area contributed by atoms with Gasteiger partial charge in [-0.3, -0.25) is 4.79 Å². The molecule has 2 rings (SSSR count). The second kappa shape index (κ2) is 7.98. The predicted molar refractivity (Wildman–Crippen MR) is 90.0 cm³/mol. The number of methoxy groups -OCH3 is 1. The second-order valence-electron chi connectivity index (χ2n) is 6.07. The molecule has 0 amide bonds. The first-order valence-corrected chi connectivity index (χ1v) is 8.82. The highest BCUT2D eigenvalue weighted by atomic mass is 79.9. The smallest absolute Gasteiger partial charge is 0.165 e. The third-order valence-electron chi connectivity index (χ3n) is 4.62. The Morgan fingerprint density at radius 3 is 2.57 bits per heavy atom. The number of Topliss-reactive ketones (excluding diaryl/α,β-unsaturated/α-hetero) is 1. The van der Waals surface area contributed by atoms with Gasteiger partial charge in [0.1, 0.15) is 5.75 Å². The van der Waals surface area contributed by atoms with Gasteiger partial charge in [0.05, 0.1) is 11.6 Å². The average molecular weight is 353 g/mol. The zero-order valence-electron chi connectivity index (χ0n) is 13.0. The van der Waals surface area contributed by atoms with E-state index >= 15 is 0 Å². The maximum Gasteiger partial charge on any atom is 0.165 e. The third kappa shape index (κ3) is 4.32. The Balaban J connectivity index is 1.94.